The number of fused-ring (bicyclic) bond motifs is 1. The molecule has 128 valence electrons. The van der Waals surface area contributed by atoms with Crippen LogP contribution in [0.4, 0.5) is 5.69 Å². The van der Waals surface area contributed by atoms with Crippen LogP contribution in [-0.2, 0) is 6.54 Å². The van der Waals surface area contributed by atoms with E-state index in [0.717, 1.165) is 28.5 Å². The molecular formula is C19H15Cl2NO3. The van der Waals surface area contributed by atoms with Crippen molar-refractivity contribution < 1.29 is 13.9 Å². The summed E-state index contributed by atoms with van der Waals surface area (Å²) in [7, 11) is 0. The van der Waals surface area contributed by atoms with E-state index in [0.29, 0.717) is 35.6 Å². The zero-order valence-electron chi connectivity index (χ0n) is 13.2. The molecular weight excluding hydrogens is 361 g/mol. The van der Waals surface area contributed by atoms with Gasteiger partial charge in [-0.1, -0.05) is 23.2 Å². The maximum Gasteiger partial charge on any atom is 0.163 e. The number of benzene rings is 2. The van der Waals surface area contributed by atoms with Crippen LogP contribution < -0.4 is 14.8 Å². The number of rotatable bonds is 4. The van der Waals surface area contributed by atoms with E-state index in [-0.39, 0.29) is 0 Å². The quantitative estimate of drug-likeness (QED) is 0.640. The molecule has 25 heavy (non-hydrogen) atoms. The molecule has 0 amide bonds. The van der Waals surface area contributed by atoms with Crippen LogP contribution in [0.15, 0.2) is 52.9 Å². The summed E-state index contributed by atoms with van der Waals surface area (Å²) < 4.78 is 17.0. The number of hydrogen-bond donors (Lipinski definition) is 1. The largest absolute Gasteiger partial charge is 0.486 e. The van der Waals surface area contributed by atoms with Crippen molar-refractivity contribution in [3.05, 3.63) is 64.3 Å². The molecule has 4 nitrogen and oxygen atoms in total. The minimum atomic E-state index is 0.546. The van der Waals surface area contributed by atoms with Crippen molar-refractivity contribution in [1.29, 1.82) is 0 Å². The molecule has 0 saturated carbocycles. The second-order valence-corrected chi connectivity index (χ2v) is 6.45. The highest BCUT2D eigenvalue weighted by Crippen LogP contribution is 2.34. The average Bonchev–Trinajstić information content (AvgIpc) is 3.08. The Morgan fingerprint density at radius 1 is 0.880 bits per heavy atom. The fourth-order valence-electron chi connectivity index (χ4n) is 2.65. The minimum Gasteiger partial charge on any atom is -0.486 e. The lowest BCUT2D eigenvalue weighted by Crippen LogP contribution is -2.15. The highest BCUT2D eigenvalue weighted by molar-refractivity contribution is 6.36. The lowest BCUT2D eigenvalue weighted by Gasteiger charge is -2.19. The zero-order chi connectivity index (χ0) is 17.2. The van der Waals surface area contributed by atoms with E-state index >= 15 is 0 Å². The van der Waals surface area contributed by atoms with E-state index in [1.807, 2.05) is 36.4 Å². The monoisotopic (exact) mass is 375 g/mol. The van der Waals surface area contributed by atoms with Crippen molar-refractivity contribution in [3.63, 3.8) is 0 Å². The van der Waals surface area contributed by atoms with E-state index in [2.05, 4.69) is 5.32 Å². The Morgan fingerprint density at radius 3 is 2.56 bits per heavy atom. The molecule has 3 aromatic rings. The first-order valence-corrected chi connectivity index (χ1v) is 8.62. The minimum absolute atomic E-state index is 0.546. The van der Waals surface area contributed by atoms with Gasteiger partial charge in [-0.25, -0.2) is 0 Å². The first-order chi connectivity index (χ1) is 12.2. The van der Waals surface area contributed by atoms with Gasteiger partial charge in [0.15, 0.2) is 11.5 Å². The second-order valence-electron chi connectivity index (χ2n) is 5.60. The molecule has 6 heteroatoms. The van der Waals surface area contributed by atoms with Gasteiger partial charge in [-0.2, -0.15) is 0 Å². The van der Waals surface area contributed by atoms with Crippen molar-refractivity contribution >= 4 is 28.9 Å². The molecule has 0 fully saturated rings. The van der Waals surface area contributed by atoms with Gasteiger partial charge >= 0.3 is 0 Å². The molecule has 1 aliphatic rings. The summed E-state index contributed by atoms with van der Waals surface area (Å²) in [5, 5.41) is 4.48. The number of furan rings is 1. The summed E-state index contributed by atoms with van der Waals surface area (Å²) >= 11 is 12.2. The number of hydrogen-bond acceptors (Lipinski definition) is 4. The highest BCUT2D eigenvalue weighted by atomic mass is 35.5. The van der Waals surface area contributed by atoms with Gasteiger partial charge in [0.05, 0.1) is 11.6 Å². The van der Waals surface area contributed by atoms with Crippen LogP contribution in [0, 0.1) is 0 Å². The maximum absolute atomic E-state index is 6.23. The fourth-order valence-corrected chi connectivity index (χ4v) is 3.15. The van der Waals surface area contributed by atoms with Gasteiger partial charge in [0, 0.05) is 22.3 Å². The Kier molecular flexibility index (Phi) is 4.47. The first-order valence-electron chi connectivity index (χ1n) is 7.87. The third-order valence-corrected chi connectivity index (χ3v) is 4.41. The third-order valence-electron chi connectivity index (χ3n) is 3.87. The van der Waals surface area contributed by atoms with E-state index < -0.39 is 0 Å². The summed E-state index contributed by atoms with van der Waals surface area (Å²) in [6.07, 6.45) is 0. The van der Waals surface area contributed by atoms with Gasteiger partial charge < -0.3 is 19.2 Å². The van der Waals surface area contributed by atoms with Gasteiger partial charge in [-0.05, 0) is 42.5 Å². The van der Waals surface area contributed by atoms with Gasteiger partial charge in [-0.3, -0.25) is 0 Å². The maximum atomic E-state index is 6.23. The van der Waals surface area contributed by atoms with Crippen LogP contribution in [0.1, 0.15) is 5.76 Å². The number of anilines is 1. The van der Waals surface area contributed by atoms with Crippen LogP contribution in [0.3, 0.4) is 0 Å². The van der Waals surface area contributed by atoms with Crippen LogP contribution in [-0.4, -0.2) is 13.2 Å². The normalized spacial score (nSPS) is 12.9. The summed E-state index contributed by atoms with van der Waals surface area (Å²) in [6, 6.07) is 14.9. The summed E-state index contributed by atoms with van der Waals surface area (Å²) in [6.45, 7) is 1.70. The molecule has 0 radical (unpaired) electrons. The number of ether oxygens (including phenoxy) is 2. The van der Waals surface area contributed by atoms with Crippen LogP contribution in [0.5, 0.6) is 11.5 Å². The van der Waals surface area contributed by atoms with E-state index in [9.17, 15) is 0 Å². The summed E-state index contributed by atoms with van der Waals surface area (Å²) in [5.41, 5.74) is 1.75. The number of nitrogens with one attached hydrogen (secondary N) is 1. The standard InChI is InChI=1S/C19H15Cl2NO3/c20-12-1-4-15(16(21)9-12)17-6-3-14(25-17)11-22-13-2-5-18-19(10-13)24-8-7-23-18/h1-6,9-10,22H,7-8,11H2. The van der Waals surface area contributed by atoms with Gasteiger partial charge in [0.25, 0.3) is 0 Å². The molecule has 0 atom stereocenters. The van der Waals surface area contributed by atoms with Crippen molar-refractivity contribution in [2.45, 2.75) is 6.54 Å². The van der Waals surface area contributed by atoms with Crippen molar-refractivity contribution in [3.8, 4) is 22.8 Å². The Labute approximate surface area is 155 Å². The molecule has 1 N–H and O–H groups in total. The van der Waals surface area contributed by atoms with Gasteiger partial charge in [0.2, 0.25) is 0 Å². The predicted molar refractivity (Wildman–Crippen MR) is 98.9 cm³/mol. The lowest BCUT2D eigenvalue weighted by atomic mass is 10.2. The van der Waals surface area contributed by atoms with Crippen molar-refractivity contribution in [2.24, 2.45) is 0 Å². The Balaban J connectivity index is 1.46. The van der Waals surface area contributed by atoms with Crippen molar-refractivity contribution in [1.82, 2.24) is 0 Å². The molecule has 2 aromatic carbocycles. The van der Waals surface area contributed by atoms with Gasteiger partial charge in [0.1, 0.15) is 24.7 Å². The second kappa shape index (κ2) is 6.90. The molecule has 0 aliphatic carbocycles. The average molecular weight is 376 g/mol. The summed E-state index contributed by atoms with van der Waals surface area (Å²) in [5.74, 6) is 3.04. The molecule has 2 heterocycles. The predicted octanol–water partition coefficient (Wildman–Crippen LogP) is 5.64. The first kappa shape index (κ1) is 16.2. The smallest absolute Gasteiger partial charge is 0.163 e. The zero-order valence-corrected chi connectivity index (χ0v) is 14.7. The molecule has 0 bridgehead atoms. The Morgan fingerprint density at radius 2 is 1.72 bits per heavy atom. The molecule has 0 spiro atoms. The van der Waals surface area contributed by atoms with Crippen LogP contribution in [0.25, 0.3) is 11.3 Å². The van der Waals surface area contributed by atoms with Crippen LogP contribution in [0.2, 0.25) is 10.0 Å². The third kappa shape index (κ3) is 3.55. The van der Waals surface area contributed by atoms with Gasteiger partial charge in [-0.15, -0.1) is 0 Å². The van der Waals surface area contributed by atoms with E-state index in [4.69, 9.17) is 37.1 Å². The molecule has 0 saturated heterocycles. The van der Waals surface area contributed by atoms with Crippen LogP contribution >= 0.6 is 23.2 Å². The number of halogens is 2. The fraction of sp³-hybridized carbons (Fsp3) is 0.158. The molecule has 1 aromatic heterocycles. The lowest BCUT2D eigenvalue weighted by molar-refractivity contribution is 0.171. The topological polar surface area (TPSA) is 43.6 Å². The van der Waals surface area contributed by atoms with E-state index in [1.54, 1.807) is 12.1 Å². The summed E-state index contributed by atoms with van der Waals surface area (Å²) in [4.78, 5) is 0. The molecule has 1 aliphatic heterocycles. The van der Waals surface area contributed by atoms with Crippen molar-refractivity contribution in [2.75, 3.05) is 18.5 Å². The molecule has 4 rings (SSSR count). The molecule has 0 unspecified atom stereocenters. The SMILES string of the molecule is Clc1ccc(-c2ccc(CNc3ccc4c(c3)OCCO4)o2)c(Cl)c1. The van der Waals surface area contributed by atoms with E-state index in [1.165, 1.54) is 0 Å². The Hall–Kier alpha value is -2.30. The Bertz CT molecular complexity index is 907. The highest BCUT2D eigenvalue weighted by Gasteiger charge is 2.12.